The number of rotatable bonds is 0. The molecule has 0 aromatic heterocycles. The summed E-state index contributed by atoms with van der Waals surface area (Å²) < 4.78 is 10.5. The molecule has 1 spiro atoms. The summed E-state index contributed by atoms with van der Waals surface area (Å²) in [7, 11) is 0. The van der Waals surface area contributed by atoms with Gasteiger partial charge in [0.1, 0.15) is 6.42 Å². The van der Waals surface area contributed by atoms with Gasteiger partial charge < -0.3 is 9.47 Å². The summed E-state index contributed by atoms with van der Waals surface area (Å²) in [6, 6.07) is 0. The van der Waals surface area contributed by atoms with Crippen LogP contribution in [0.25, 0.3) is 0 Å². The second-order valence-electron chi connectivity index (χ2n) is 4.30. The molecule has 1 saturated heterocycles. The van der Waals surface area contributed by atoms with Crippen LogP contribution in [0.15, 0.2) is 0 Å². The van der Waals surface area contributed by atoms with Crippen LogP contribution in [0, 0.1) is 0 Å². The van der Waals surface area contributed by atoms with Gasteiger partial charge in [-0.1, -0.05) is 19.3 Å². The topological polar surface area (TPSA) is 52.6 Å². The first-order chi connectivity index (χ1) is 7.20. The summed E-state index contributed by atoms with van der Waals surface area (Å²) in [4.78, 5) is 22.4. The molecular weight excluding hydrogens is 196 g/mol. The highest BCUT2D eigenvalue weighted by Gasteiger charge is 2.42. The van der Waals surface area contributed by atoms with Crippen molar-refractivity contribution < 1.29 is 19.1 Å². The van der Waals surface area contributed by atoms with E-state index in [0.29, 0.717) is 12.8 Å². The minimum absolute atomic E-state index is 0.234. The number of hydrogen-bond donors (Lipinski definition) is 0. The average Bonchev–Trinajstić information content (AvgIpc) is 2.11. The van der Waals surface area contributed by atoms with E-state index in [2.05, 4.69) is 0 Å². The normalized spacial score (nSPS) is 26.4. The van der Waals surface area contributed by atoms with E-state index < -0.39 is 17.7 Å². The van der Waals surface area contributed by atoms with Crippen LogP contribution in [0.3, 0.4) is 0 Å². The molecular formula is C11H16O4. The zero-order valence-electron chi connectivity index (χ0n) is 8.79. The van der Waals surface area contributed by atoms with Crippen molar-refractivity contribution in [3.8, 4) is 0 Å². The molecule has 2 rings (SSSR count). The predicted molar refractivity (Wildman–Crippen MR) is 51.9 cm³/mol. The van der Waals surface area contributed by atoms with Crippen LogP contribution in [0.1, 0.15) is 51.4 Å². The number of ether oxygens (including phenoxy) is 2. The van der Waals surface area contributed by atoms with Crippen molar-refractivity contribution in [1.82, 2.24) is 0 Å². The van der Waals surface area contributed by atoms with Crippen molar-refractivity contribution in [3.05, 3.63) is 0 Å². The lowest BCUT2D eigenvalue weighted by atomic mass is 9.95. The molecule has 0 aromatic rings. The zero-order valence-corrected chi connectivity index (χ0v) is 8.79. The summed E-state index contributed by atoms with van der Waals surface area (Å²) in [5.74, 6) is -1.80. The summed E-state index contributed by atoms with van der Waals surface area (Å²) in [5.41, 5.74) is 0. The monoisotopic (exact) mass is 212 g/mol. The number of carbonyl (C=O) groups is 2. The molecule has 4 nitrogen and oxygen atoms in total. The minimum atomic E-state index is -0.924. The third kappa shape index (κ3) is 2.49. The molecule has 1 saturated carbocycles. The van der Waals surface area contributed by atoms with Crippen LogP contribution < -0.4 is 0 Å². The molecule has 15 heavy (non-hydrogen) atoms. The molecule has 84 valence electrons. The van der Waals surface area contributed by atoms with Crippen molar-refractivity contribution in [2.75, 3.05) is 0 Å². The Morgan fingerprint density at radius 1 is 0.800 bits per heavy atom. The minimum Gasteiger partial charge on any atom is -0.422 e. The van der Waals surface area contributed by atoms with Gasteiger partial charge in [-0.25, -0.2) is 0 Å². The van der Waals surface area contributed by atoms with Gasteiger partial charge in [0.25, 0.3) is 5.79 Å². The number of esters is 2. The van der Waals surface area contributed by atoms with Gasteiger partial charge >= 0.3 is 11.9 Å². The third-order valence-electron chi connectivity index (χ3n) is 3.00. The smallest absolute Gasteiger partial charge is 0.320 e. The van der Waals surface area contributed by atoms with Crippen molar-refractivity contribution in [1.29, 1.82) is 0 Å². The Morgan fingerprint density at radius 2 is 1.27 bits per heavy atom. The molecule has 0 aromatic carbocycles. The largest absolute Gasteiger partial charge is 0.422 e. The fraction of sp³-hybridized carbons (Fsp3) is 0.818. The van der Waals surface area contributed by atoms with Gasteiger partial charge in [0.05, 0.1) is 0 Å². The van der Waals surface area contributed by atoms with Gasteiger partial charge in [-0.15, -0.1) is 0 Å². The number of hydrogen-bond acceptors (Lipinski definition) is 4. The second-order valence-corrected chi connectivity index (χ2v) is 4.30. The Morgan fingerprint density at radius 3 is 1.80 bits per heavy atom. The second kappa shape index (κ2) is 4.21. The predicted octanol–water partition coefficient (Wildman–Crippen LogP) is 1.92. The van der Waals surface area contributed by atoms with Crippen LogP contribution >= 0.6 is 0 Å². The summed E-state index contributed by atoms with van der Waals surface area (Å²) in [6.45, 7) is 0. The van der Waals surface area contributed by atoms with Crippen LogP contribution in [-0.4, -0.2) is 17.7 Å². The van der Waals surface area contributed by atoms with Gasteiger partial charge in [0.2, 0.25) is 0 Å². The van der Waals surface area contributed by atoms with Gasteiger partial charge in [0.15, 0.2) is 0 Å². The third-order valence-corrected chi connectivity index (χ3v) is 3.00. The highest BCUT2D eigenvalue weighted by Crippen LogP contribution is 2.33. The Bertz CT molecular complexity index is 246. The molecule has 0 unspecified atom stereocenters. The fourth-order valence-electron chi connectivity index (χ4n) is 2.27. The molecule has 0 radical (unpaired) electrons. The maximum absolute atomic E-state index is 11.2. The average molecular weight is 212 g/mol. The maximum atomic E-state index is 11.2. The molecule has 2 aliphatic rings. The van der Waals surface area contributed by atoms with E-state index in [9.17, 15) is 9.59 Å². The maximum Gasteiger partial charge on any atom is 0.320 e. The van der Waals surface area contributed by atoms with Gasteiger partial charge in [-0.3, -0.25) is 9.59 Å². The van der Waals surface area contributed by atoms with Crippen molar-refractivity contribution in [3.63, 3.8) is 0 Å². The standard InChI is InChI=1S/C11H16O4/c12-9-8-10(13)15-11(14-9)6-4-2-1-3-5-7-11/h1-8H2. The lowest BCUT2D eigenvalue weighted by molar-refractivity contribution is -0.249. The zero-order chi connectivity index (χ0) is 10.7. The quantitative estimate of drug-likeness (QED) is 0.454. The molecule has 0 bridgehead atoms. The molecule has 0 amide bonds. The molecule has 0 atom stereocenters. The van der Waals surface area contributed by atoms with E-state index in [0.717, 1.165) is 25.7 Å². The van der Waals surface area contributed by atoms with E-state index in [1.807, 2.05) is 0 Å². The van der Waals surface area contributed by atoms with Crippen molar-refractivity contribution in [2.45, 2.75) is 57.2 Å². The first-order valence-corrected chi connectivity index (χ1v) is 5.64. The van der Waals surface area contributed by atoms with Crippen LogP contribution in [0.2, 0.25) is 0 Å². The first-order valence-electron chi connectivity index (χ1n) is 5.64. The summed E-state index contributed by atoms with van der Waals surface area (Å²) in [6.07, 6.45) is 6.46. The Balaban J connectivity index is 2.07. The lowest BCUT2D eigenvalue weighted by Crippen LogP contribution is -2.45. The van der Waals surface area contributed by atoms with Crippen LogP contribution in [0.4, 0.5) is 0 Å². The molecule has 2 fully saturated rings. The van der Waals surface area contributed by atoms with Crippen molar-refractivity contribution >= 4 is 11.9 Å². The van der Waals surface area contributed by atoms with E-state index >= 15 is 0 Å². The highest BCUT2D eigenvalue weighted by atomic mass is 16.7. The van der Waals surface area contributed by atoms with Crippen LogP contribution in [0.5, 0.6) is 0 Å². The van der Waals surface area contributed by atoms with E-state index in [-0.39, 0.29) is 6.42 Å². The Kier molecular flexibility index (Phi) is 2.93. The Labute approximate surface area is 88.9 Å². The molecule has 1 aliphatic carbocycles. The molecule has 1 aliphatic heterocycles. The summed E-state index contributed by atoms with van der Waals surface area (Å²) in [5, 5.41) is 0. The first kappa shape index (κ1) is 10.5. The molecule has 4 heteroatoms. The van der Waals surface area contributed by atoms with Gasteiger partial charge in [-0.05, 0) is 12.8 Å². The summed E-state index contributed by atoms with van der Waals surface area (Å²) >= 11 is 0. The van der Waals surface area contributed by atoms with Gasteiger partial charge in [0, 0.05) is 12.8 Å². The molecule has 1 heterocycles. The number of carbonyl (C=O) groups excluding carboxylic acids is 2. The molecule has 0 N–H and O–H groups in total. The Hall–Kier alpha value is -1.06. The van der Waals surface area contributed by atoms with Gasteiger partial charge in [-0.2, -0.15) is 0 Å². The fourth-order valence-corrected chi connectivity index (χ4v) is 2.27. The van der Waals surface area contributed by atoms with Crippen molar-refractivity contribution in [2.24, 2.45) is 0 Å². The van der Waals surface area contributed by atoms with Crippen LogP contribution in [-0.2, 0) is 19.1 Å². The lowest BCUT2D eigenvalue weighted by Gasteiger charge is -2.36. The van der Waals surface area contributed by atoms with E-state index in [1.54, 1.807) is 0 Å². The highest BCUT2D eigenvalue weighted by molar-refractivity contribution is 5.93. The SMILES string of the molecule is O=C1CC(=O)OC2(CCCCCCC2)O1. The van der Waals surface area contributed by atoms with E-state index in [1.165, 1.54) is 6.42 Å². The van der Waals surface area contributed by atoms with E-state index in [4.69, 9.17) is 9.47 Å².